The van der Waals surface area contributed by atoms with Gasteiger partial charge in [-0.05, 0) is 31.0 Å². The molecule has 1 fully saturated rings. The summed E-state index contributed by atoms with van der Waals surface area (Å²) < 4.78 is 27.7. The van der Waals surface area contributed by atoms with Crippen molar-refractivity contribution in [3.05, 3.63) is 65.7 Å². The Morgan fingerprint density at radius 3 is 2.42 bits per heavy atom. The molecular weight excluding hydrogens is 344 g/mol. The lowest BCUT2D eigenvalue weighted by molar-refractivity contribution is 0.324. The van der Waals surface area contributed by atoms with E-state index in [0.717, 1.165) is 31.6 Å². The minimum Gasteiger partial charge on any atom is -0.297 e. The molecule has 1 aliphatic rings. The maximum Gasteiger partial charge on any atom is 0.240 e. The Morgan fingerprint density at radius 1 is 1.08 bits per heavy atom. The molecule has 2 aromatic carbocycles. The molecule has 24 heavy (non-hydrogen) atoms. The summed E-state index contributed by atoms with van der Waals surface area (Å²) in [6.07, 6.45) is 0.845. The topological polar surface area (TPSA) is 49.4 Å². The number of aryl methyl sites for hydroxylation is 1. The van der Waals surface area contributed by atoms with Gasteiger partial charge in [0.25, 0.3) is 0 Å². The van der Waals surface area contributed by atoms with Crippen LogP contribution in [-0.4, -0.2) is 32.4 Å². The lowest BCUT2D eigenvalue weighted by atomic mass is 10.2. The minimum absolute atomic E-state index is 0. The van der Waals surface area contributed by atoms with Gasteiger partial charge in [0.15, 0.2) is 0 Å². The number of sulfonamides is 1. The van der Waals surface area contributed by atoms with Crippen LogP contribution in [0.25, 0.3) is 0 Å². The molecule has 0 amide bonds. The van der Waals surface area contributed by atoms with E-state index >= 15 is 0 Å². The third kappa shape index (κ3) is 4.80. The van der Waals surface area contributed by atoms with Gasteiger partial charge in [-0.1, -0.05) is 48.0 Å². The van der Waals surface area contributed by atoms with Gasteiger partial charge in [0, 0.05) is 25.7 Å². The molecule has 130 valence electrons. The van der Waals surface area contributed by atoms with E-state index in [1.165, 1.54) is 5.56 Å². The van der Waals surface area contributed by atoms with E-state index in [1.54, 1.807) is 12.1 Å². The Hall–Kier alpha value is -1.40. The Kier molecular flexibility index (Phi) is 6.40. The number of likely N-dealkylation sites (tertiary alicyclic amines) is 1. The first-order chi connectivity index (χ1) is 11.0. The second-order valence-electron chi connectivity index (χ2n) is 6.14. The maximum absolute atomic E-state index is 12.4. The second kappa shape index (κ2) is 8.12. The number of nitrogens with zero attached hydrogens (tertiary/aromatic N) is 1. The van der Waals surface area contributed by atoms with Crippen molar-refractivity contribution < 1.29 is 8.42 Å². The van der Waals surface area contributed by atoms with Gasteiger partial charge in [0.1, 0.15) is 0 Å². The van der Waals surface area contributed by atoms with E-state index in [2.05, 4.69) is 21.8 Å². The monoisotopic (exact) mass is 366 g/mol. The second-order valence-corrected chi connectivity index (χ2v) is 7.85. The van der Waals surface area contributed by atoms with E-state index in [4.69, 9.17) is 0 Å². The average molecular weight is 367 g/mol. The highest BCUT2D eigenvalue weighted by atomic mass is 35.5. The molecule has 3 rings (SSSR count). The predicted octanol–water partition coefficient (Wildman–Crippen LogP) is 2.97. The molecule has 0 spiro atoms. The standard InChI is InChI=1S/C18H22N2O2S.ClH/c1-15-7-9-18(10-8-15)23(21,22)19-17-11-12-20(14-17)13-16-5-3-2-4-6-16;/h2-10,17,19H,11-14H2,1H3;1H. The summed E-state index contributed by atoms with van der Waals surface area (Å²) >= 11 is 0. The van der Waals surface area contributed by atoms with E-state index in [0.29, 0.717) is 4.90 Å². The zero-order valence-corrected chi connectivity index (χ0v) is 15.3. The molecule has 1 atom stereocenters. The van der Waals surface area contributed by atoms with E-state index in [9.17, 15) is 8.42 Å². The molecule has 6 heteroatoms. The summed E-state index contributed by atoms with van der Waals surface area (Å²) in [5.41, 5.74) is 2.31. The Morgan fingerprint density at radius 2 is 1.75 bits per heavy atom. The van der Waals surface area contributed by atoms with Crippen molar-refractivity contribution in [2.24, 2.45) is 0 Å². The first-order valence-electron chi connectivity index (χ1n) is 7.88. The molecule has 2 aromatic rings. The van der Waals surface area contributed by atoms with Crippen molar-refractivity contribution in [3.8, 4) is 0 Å². The summed E-state index contributed by atoms with van der Waals surface area (Å²) in [6, 6.07) is 17.2. The highest BCUT2D eigenvalue weighted by Crippen LogP contribution is 2.17. The number of halogens is 1. The zero-order valence-electron chi connectivity index (χ0n) is 13.7. The fraction of sp³-hybridized carbons (Fsp3) is 0.333. The Balaban J connectivity index is 0.00000208. The predicted molar refractivity (Wildman–Crippen MR) is 98.9 cm³/mol. The van der Waals surface area contributed by atoms with Gasteiger partial charge in [0.2, 0.25) is 10.0 Å². The molecule has 1 aliphatic heterocycles. The van der Waals surface area contributed by atoms with Gasteiger partial charge in [-0.25, -0.2) is 13.1 Å². The molecule has 1 unspecified atom stereocenters. The van der Waals surface area contributed by atoms with Crippen LogP contribution in [-0.2, 0) is 16.6 Å². The molecule has 0 bridgehead atoms. The SMILES string of the molecule is Cc1ccc(S(=O)(=O)NC2CCN(Cc3ccccc3)C2)cc1.Cl. The van der Waals surface area contributed by atoms with E-state index < -0.39 is 10.0 Å². The molecule has 1 saturated heterocycles. The van der Waals surface area contributed by atoms with Gasteiger partial charge in [-0.2, -0.15) is 0 Å². The summed E-state index contributed by atoms with van der Waals surface area (Å²) in [5.74, 6) is 0. The molecule has 1 heterocycles. The first kappa shape index (κ1) is 18.9. The van der Waals surface area contributed by atoms with Gasteiger partial charge in [-0.15, -0.1) is 12.4 Å². The summed E-state index contributed by atoms with van der Waals surface area (Å²) in [6.45, 7) is 4.47. The van der Waals surface area contributed by atoms with Gasteiger partial charge in [0.05, 0.1) is 4.90 Å². The third-order valence-electron chi connectivity index (χ3n) is 4.17. The van der Waals surface area contributed by atoms with Crippen molar-refractivity contribution in [1.29, 1.82) is 0 Å². The largest absolute Gasteiger partial charge is 0.297 e. The van der Waals surface area contributed by atoms with Gasteiger partial charge in [-0.3, -0.25) is 4.90 Å². The Bertz CT molecular complexity index is 748. The van der Waals surface area contributed by atoms with Crippen molar-refractivity contribution in [1.82, 2.24) is 9.62 Å². The number of rotatable bonds is 5. The van der Waals surface area contributed by atoms with E-state index in [-0.39, 0.29) is 18.4 Å². The number of hydrogen-bond acceptors (Lipinski definition) is 3. The molecule has 4 nitrogen and oxygen atoms in total. The fourth-order valence-corrected chi connectivity index (χ4v) is 4.18. The number of nitrogens with one attached hydrogen (secondary N) is 1. The lowest BCUT2D eigenvalue weighted by Crippen LogP contribution is -2.36. The van der Waals surface area contributed by atoms with Crippen molar-refractivity contribution in [2.45, 2.75) is 30.8 Å². The summed E-state index contributed by atoms with van der Waals surface area (Å²) in [7, 11) is -3.43. The normalized spacial score (nSPS) is 18.3. The van der Waals surface area contributed by atoms with Crippen LogP contribution in [0.15, 0.2) is 59.5 Å². The van der Waals surface area contributed by atoms with Crippen LogP contribution < -0.4 is 4.72 Å². The van der Waals surface area contributed by atoms with Crippen LogP contribution in [0.4, 0.5) is 0 Å². The van der Waals surface area contributed by atoms with Gasteiger partial charge < -0.3 is 0 Å². The first-order valence-corrected chi connectivity index (χ1v) is 9.36. The molecule has 0 aliphatic carbocycles. The molecular formula is C18H23ClN2O2S. The molecule has 0 radical (unpaired) electrons. The summed E-state index contributed by atoms with van der Waals surface area (Å²) in [5, 5.41) is 0. The lowest BCUT2D eigenvalue weighted by Gasteiger charge is -2.17. The quantitative estimate of drug-likeness (QED) is 0.885. The molecule has 1 N–H and O–H groups in total. The average Bonchev–Trinajstić information content (AvgIpc) is 2.95. The van der Waals surface area contributed by atoms with Crippen LogP contribution in [0.5, 0.6) is 0 Å². The summed E-state index contributed by atoms with van der Waals surface area (Å²) in [4.78, 5) is 2.63. The zero-order chi connectivity index (χ0) is 16.3. The Labute approximate surface area is 150 Å². The van der Waals surface area contributed by atoms with Crippen LogP contribution in [0.3, 0.4) is 0 Å². The smallest absolute Gasteiger partial charge is 0.240 e. The van der Waals surface area contributed by atoms with Crippen molar-refractivity contribution in [3.63, 3.8) is 0 Å². The van der Waals surface area contributed by atoms with Crippen molar-refractivity contribution >= 4 is 22.4 Å². The van der Waals surface area contributed by atoms with Crippen LogP contribution in [0.2, 0.25) is 0 Å². The molecule has 0 aromatic heterocycles. The number of benzene rings is 2. The number of hydrogen-bond donors (Lipinski definition) is 1. The van der Waals surface area contributed by atoms with Gasteiger partial charge >= 0.3 is 0 Å². The van der Waals surface area contributed by atoms with Crippen LogP contribution >= 0.6 is 12.4 Å². The van der Waals surface area contributed by atoms with Crippen LogP contribution in [0.1, 0.15) is 17.5 Å². The van der Waals surface area contributed by atoms with Crippen molar-refractivity contribution in [2.75, 3.05) is 13.1 Å². The third-order valence-corrected chi connectivity index (χ3v) is 5.71. The maximum atomic E-state index is 12.4. The minimum atomic E-state index is -3.43. The van der Waals surface area contributed by atoms with Crippen LogP contribution in [0, 0.1) is 6.92 Å². The van der Waals surface area contributed by atoms with E-state index in [1.807, 2.05) is 37.3 Å². The highest BCUT2D eigenvalue weighted by Gasteiger charge is 2.27. The fourth-order valence-electron chi connectivity index (χ4n) is 2.92. The highest BCUT2D eigenvalue weighted by molar-refractivity contribution is 7.89. The molecule has 0 saturated carbocycles.